The topological polar surface area (TPSA) is 29.3 Å². The summed E-state index contributed by atoms with van der Waals surface area (Å²) in [5, 5.41) is 0. The molecule has 6 atom stereocenters. The van der Waals surface area contributed by atoms with Crippen LogP contribution in [0.5, 0.6) is 0 Å². The SMILES string of the molecule is CC(C)C1CC[C@@H](C)C[C@H]1OC(=O)[C@H]1CN1[C@H](C)c1ccccc1. The Morgan fingerprint density at radius 3 is 2.54 bits per heavy atom. The standard InChI is InChI=1S/C21H31NO2/c1-14(2)18-11-10-15(3)12-20(18)24-21(23)19-13-22(19)16(4)17-8-6-5-7-9-17/h5-9,14-16,18-20H,10-13H2,1-4H3/t15-,16-,18?,19-,20-,22?/m1/s1. The average Bonchev–Trinajstić information content (AvgIpc) is 3.35. The maximum absolute atomic E-state index is 12.6. The molecule has 132 valence electrons. The molecule has 24 heavy (non-hydrogen) atoms. The zero-order chi connectivity index (χ0) is 17.3. The van der Waals surface area contributed by atoms with E-state index in [-0.39, 0.29) is 24.2 Å². The van der Waals surface area contributed by atoms with Crippen molar-refractivity contribution >= 4 is 5.97 Å². The van der Waals surface area contributed by atoms with Gasteiger partial charge in [-0.05, 0) is 43.1 Å². The fraction of sp³-hybridized carbons (Fsp3) is 0.667. The molecule has 1 heterocycles. The predicted octanol–water partition coefficient (Wildman–Crippen LogP) is 4.44. The largest absolute Gasteiger partial charge is 0.461 e. The summed E-state index contributed by atoms with van der Waals surface area (Å²) in [5.41, 5.74) is 1.26. The van der Waals surface area contributed by atoms with E-state index in [0.717, 1.165) is 13.0 Å². The summed E-state index contributed by atoms with van der Waals surface area (Å²) >= 11 is 0. The lowest BCUT2D eigenvalue weighted by Gasteiger charge is -2.36. The molecule has 1 saturated heterocycles. The molecule has 2 fully saturated rings. The van der Waals surface area contributed by atoms with Crippen LogP contribution in [0, 0.1) is 17.8 Å². The van der Waals surface area contributed by atoms with Crippen molar-refractivity contribution < 1.29 is 9.53 Å². The molecule has 1 aromatic rings. The van der Waals surface area contributed by atoms with Crippen LogP contribution in [-0.4, -0.2) is 29.6 Å². The van der Waals surface area contributed by atoms with Gasteiger partial charge in [-0.15, -0.1) is 0 Å². The molecule has 3 heteroatoms. The minimum Gasteiger partial charge on any atom is -0.461 e. The molecule has 0 amide bonds. The zero-order valence-corrected chi connectivity index (χ0v) is 15.4. The smallest absolute Gasteiger partial charge is 0.325 e. The van der Waals surface area contributed by atoms with Crippen LogP contribution >= 0.6 is 0 Å². The highest BCUT2D eigenvalue weighted by Gasteiger charge is 2.46. The van der Waals surface area contributed by atoms with Gasteiger partial charge < -0.3 is 4.74 Å². The fourth-order valence-corrected chi connectivity index (χ4v) is 4.19. The van der Waals surface area contributed by atoms with E-state index in [1.54, 1.807) is 0 Å². The third-order valence-electron chi connectivity index (χ3n) is 5.93. The second-order valence-electron chi connectivity index (χ2n) is 8.10. The molecule has 3 nitrogen and oxygen atoms in total. The first-order valence-electron chi connectivity index (χ1n) is 9.48. The molecule has 1 aromatic carbocycles. The second-order valence-corrected chi connectivity index (χ2v) is 8.10. The van der Waals surface area contributed by atoms with Gasteiger partial charge in [0, 0.05) is 12.6 Å². The van der Waals surface area contributed by atoms with Gasteiger partial charge >= 0.3 is 5.97 Å². The number of ether oxygens (including phenoxy) is 1. The van der Waals surface area contributed by atoms with Gasteiger partial charge in [0.25, 0.3) is 0 Å². The molecular weight excluding hydrogens is 298 g/mol. The van der Waals surface area contributed by atoms with Crippen molar-refractivity contribution in [2.24, 2.45) is 17.8 Å². The van der Waals surface area contributed by atoms with E-state index in [2.05, 4.69) is 56.9 Å². The summed E-state index contributed by atoms with van der Waals surface area (Å²) < 4.78 is 6.00. The Morgan fingerprint density at radius 1 is 1.17 bits per heavy atom. The van der Waals surface area contributed by atoms with E-state index < -0.39 is 0 Å². The highest BCUT2D eigenvalue weighted by Crippen LogP contribution is 2.37. The van der Waals surface area contributed by atoms with E-state index in [4.69, 9.17) is 4.74 Å². The molecule has 2 unspecified atom stereocenters. The lowest BCUT2D eigenvalue weighted by molar-refractivity contribution is -0.156. The molecule has 1 aliphatic carbocycles. The van der Waals surface area contributed by atoms with Gasteiger partial charge in [-0.2, -0.15) is 0 Å². The Kier molecular flexibility index (Phi) is 5.29. The third-order valence-corrected chi connectivity index (χ3v) is 5.93. The maximum atomic E-state index is 12.6. The third kappa shape index (κ3) is 3.83. The van der Waals surface area contributed by atoms with E-state index >= 15 is 0 Å². The number of hydrogen-bond donors (Lipinski definition) is 0. The van der Waals surface area contributed by atoms with Gasteiger partial charge in [0.1, 0.15) is 12.1 Å². The first-order chi connectivity index (χ1) is 11.5. The van der Waals surface area contributed by atoms with E-state index in [9.17, 15) is 4.79 Å². The molecule has 0 N–H and O–H groups in total. The Balaban J connectivity index is 1.57. The van der Waals surface area contributed by atoms with Crippen LogP contribution in [0.25, 0.3) is 0 Å². The molecule has 2 aliphatic rings. The summed E-state index contributed by atoms with van der Waals surface area (Å²) in [6, 6.07) is 10.6. The number of hydrogen-bond acceptors (Lipinski definition) is 3. The number of benzene rings is 1. The van der Waals surface area contributed by atoms with Crippen LogP contribution in [0.2, 0.25) is 0 Å². The fourth-order valence-electron chi connectivity index (χ4n) is 4.19. The van der Waals surface area contributed by atoms with Crippen molar-refractivity contribution in [3.8, 4) is 0 Å². The van der Waals surface area contributed by atoms with E-state index in [1.807, 2.05) is 6.07 Å². The molecule has 0 bridgehead atoms. The van der Waals surface area contributed by atoms with Crippen LogP contribution < -0.4 is 0 Å². The van der Waals surface area contributed by atoms with Crippen molar-refractivity contribution in [2.45, 2.75) is 65.1 Å². The number of esters is 1. The number of nitrogens with zero attached hydrogens (tertiary/aromatic N) is 1. The average molecular weight is 329 g/mol. The molecule has 0 spiro atoms. The highest BCUT2D eigenvalue weighted by molar-refractivity contribution is 5.79. The van der Waals surface area contributed by atoms with Crippen molar-refractivity contribution in [3.05, 3.63) is 35.9 Å². The van der Waals surface area contributed by atoms with Gasteiger partial charge in [-0.25, -0.2) is 0 Å². The molecule has 1 aliphatic heterocycles. The van der Waals surface area contributed by atoms with Gasteiger partial charge in [-0.3, -0.25) is 9.69 Å². The number of rotatable bonds is 5. The lowest BCUT2D eigenvalue weighted by Crippen LogP contribution is -2.37. The van der Waals surface area contributed by atoms with Gasteiger partial charge in [0.15, 0.2) is 0 Å². The van der Waals surface area contributed by atoms with E-state index in [0.29, 0.717) is 17.8 Å². The van der Waals surface area contributed by atoms with Gasteiger partial charge in [-0.1, -0.05) is 57.5 Å². The second kappa shape index (κ2) is 7.26. The van der Waals surface area contributed by atoms with Gasteiger partial charge in [0.2, 0.25) is 0 Å². The van der Waals surface area contributed by atoms with Crippen LogP contribution in [0.15, 0.2) is 30.3 Å². The first-order valence-corrected chi connectivity index (χ1v) is 9.48. The molecule has 0 aromatic heterocycles. The van der Waals surface area contributed by atoms with Crippen molar-refractivity contribution in [1.82, 2.24) is 4.90 Å². The summed E-state index contributed by atoms with van der Waals surface area (Å²) in [6.45, 7) is 9.77. The van der Waals surface area contributed by atoms with Crippen molar-refractivity contribution in [1.29, 1.82) is 0 Å². The summed E-state index contributed by atoms with van der Waals surface area (Å²) in [7, 11) is 0. The zero-order valence-electron chi connectivity index (χ0n) is 15.4. The van der Waals surface area contributed by atoms with E-state index in [1.165, 1.54) is 18.4 Å². The Labute approximate surface area is 146 Å². The van der Waals surface area contributed by atoms with Crippen LogP contribution in [0.1, 0.15) is 58.6 Å². The highest BCUT2D eigenvalue weighted by atomic mass is 16.5. The maximum Gasteiger partial charge on any atom is 0.325 e. The molecule has 0 radical (unpaired) electrons. The van der Waals surface area contributed by atoms with Crippen LogP contribution in [0.3, 0.4) is 0 Å². The Morgan fingerprint density at radius 2 is 1.88 bits per heavy atom. The quantitative estimate of drug-likeness (QED) is 0.591. The Hall–Kier alpha value is -1.35. The minimum atomic E-state index is -0.0507. The Bertz CT molecular complexity index is 556. The first kappa shape index (κ1) is 17.5. The molecule has 3 rings (SSSR count). The lowest BCUT2D eigenvalue weighted by atomic mass is 9.75. The molecule has 1 saturated carbocycles. The summed E-state index contributed by atoms with van der Waals surface area (Å²) in [4.78, 5) is 14.9. The number of carbonyl (C=O) groups excluding carboxylic acids is 1. The van der Waals surface area contributed by atoms with Crippen molar-refractivity contribution in [2.75, 3.05) is 6.54 Å². The normalized spacial score (nSPS) is 34.0. The van der Waals surface area contributed by atoms with Crippen molar-refractivity contribution in [3.63, 3.8) is 0 Å². The van der Waals surface area contributed by atoms with Gasteiger partial charge in [0.05, 0.1) is 0 Å². The minimum absolute atomic E-state index is 0.0115. The summed E-state index contributed by atoms with van der Waals surface area (Å²) in [6.07, 6.45) is 3.58. The van der Waals surface area contributed by atoms with Crippen LogP contribution in [-0.2, 0) is 9.53 Å². The summed E-state index contributed by atoms with van der Waals surface area (Å²) in [5.74, 6) is 1.75. The monoisotopic (exact) mass is 329 g/mol. The molecular formula is C21H31NO2. The van der Waals surface area contributed by atoms with Crippen LogP contribution in [0.4, 0.5) is 0 Å². The number of carbonyl (C=O) groups is 1. The predicted molar refractivity (Wildman–Crippen MR) is 96.6 cm³/mol.